The third-order valence-corrected chi connectivity index (χ3v) is 4.34. The Morgan fingerprint density at radius 2 is 2.05 bits per heavy atom. The number of nitrogens with zero attached hydrogens (tertiary/aromatic N) is 3. The molecular formula is C14H21N3O3S. The van der Waals surface area contributed by atoms with E-state index in [1.807, 2.05) is 28.8 Å². The molecule has 2 amide bonds. The Kier molecular flexibility index (Phi) is 5.58. The van der Waals surface area contributed by atoms with Gasteiger partial charge in [0.1, 0.15) is 0 Å². The zero-order chi connectivity index (χ0) is 15.2. The van der Waals surface area contributed by atoms with E-state index in [1.165, 1.54) is 0 Å². The third-order valence-electron chi connectivity index (χ3n) is 3.61. The molecule has 0 saturated carbocycles. The van der Waals surface area contributed by atoms with Crippen molar-refractivity contribution in [3.05, 3.63) is 22.4 Å². The van der Waals surface area contributed by atoms with E-state index < -0.39 is 5.97 Å². The number of amides is 2. The van der Waals surface area contributed by atoms with Crippen LogP contribution >= 0.6 is 11.3 Å². The van der Waals surface area contributed by atoms with Crippen molar-refractivity contribution in [3.8, 4) is 0 Å². The second-order valence-electron chi connectivity index (χ2n) is 5.24. The molecule has 21 heavy (non-hydrogen) atoms. The van der Waals surface area contributed by atoms with Crippen molar-refractivity contribution >= 4 is 23.3 Å². The lowest BCUT2D eigenvalue weighted by atomic mass is 10.3. The Morgan fingerprint density at radius 3 is 2.62 bits per heavy atom. The van der Waals surface area contributed by atoms with Crippen molar-refractivity contribution < 1.29 is 14.7 Å². The predicted molar refractivity (Wildman–Crippen MR) is 81.4 cm³/mol. The van der Waals surface area contributed by atoms with Crippen LogP contribution in [0.25, 0.3) is 0 Å². The van der Waals surface area contributed by atoms with Crippen LogP contribution in [0.3, 0.4) is 0 Å². The average Bonchev–Trinajstić information content (AvgIpc) is 2.97. The summed E-state index contributed by atoms with van der Waals surface area (Å²) < 4.78 is 0. The summed E-state index contributed by atoms with van der Waals surface area (Å²) >= 11 is 1.63. The van der Waals surface area contributed by atoms with Crippen LogP contribution in [0.2, 0.25) is 0 Å². The zero-order valence-corrected chi connectivity index (χ0v) is 13.0. The molecule has 1 N–H and O–H groups in total. The summed E-state index contributed by atoms with van der Waals surface area (Å²) in [5.74, 6) is -0.774. The van der Waals surface area contributed by atoms with Crippen molar-refractivity contribution in [1.82, 2.24) is 14.7 Å². The monoisotopic (exact) mass is 311 g/mol. The highest BCUT2D eigenvalue weighted by Crippen LogP contribution is 2.11. The lowest BCUT2D eigenvalue weighted by Gasteiger charge is -2.36. The van der Waals surface area contributed by atoms with Crippen molar-refractivity contribution in [3.63, 3.8) is 0 Å². The van der Waals surface area contributed by atoms with Gasteiger partial charge in [0.25, 0.3) is 0 Å². The Labute approximate surface area is 128 Å². The van der Waals surface area contributed by atoms with Gasteiger partial charge >= 0.3 is 12.0 Å². The number of carboxylic acid groups (broad SMARTS) is 1. The van der Waals surface area contributed by atoms with Gasteiger partial charge in [-0.15, -0.1) is 0 Å². The lowest BCUT2D eigenvalue weighted by molar-refractivity contribution is -0.137. The molecule has 1 aliphatic heterocycles. The highest BCUT2D eigenvalue weighted by molar-refractivity contribution is 7.07. The molecule has 116 valence electrons. The average molecular weight is 311 g/mol. The largest absolute Gasteiger partial charge is 0.481 e. The molecule has 0 atom stereocenters. The normalized spacial score (nSPS) is 16.0. The van der Waals surface area contributed by atoms with E-state index in [4.69, 9.17) is 5.11 Å². The quantitative estimate of drug-likeness (QED) is 0.892. The molecule has 0 aliphatic carbocycles. The molecule has 1 aliphatic rings. The first-order valence-electron chi connectivity index (χ1n) is 7.01. The van der Waals surface area contributed by atoms with E-state index in [0.29, 0.717) is 26.2 Å². The van der Waals surface area contributed by atoms with Crippen LogP contribution in [0.5, 0.6) is 0 Å². The fourth-order valence-corrected chi connectivity index (χ4v) is 3.04. The molecule has 1 aromatic rings. The molecule has 7 heteroatoms. The van der Waals surface area contributed by atoms with Crippen LogP contribution in [0.15, 0.2) is 16.8 Å². The zero-order valence-electron chi connectivity index (χ0n) is 12.2. The van der Waals surface area contributed by atoms with Gasteiger partial charge in [-0.3, -0.25) is 9.69 Å². The van der Waals surface area contributed by atoms with E-state index in [9.17, 15) is 9.59 Å². The number of urea groups is 1. The summed E-state index contributed by atoms with van der Waals surface area (Å²) in [6.07, 6.45) is 0.159. The van der Waals surface area contributed by atoms with Crippen LogP contribution < -0.4 is 0 Å². The summed E-state index contributed by atoms with van der Waals surface area (Å²) in [4.78, 5) is 28.6. The number of hydrogen-bond acceptors (Lipinski definition) is 4. The summed E-state index contributed by atoms with van der Waals surface area (Å²) in [5.41, 5.74) is 1.15. The molecule has 0 unspecified atom stereocenters. The predicted octanol–water partition coefficient (Wildman–Crippen LogP) is 1.39. The first-order chi connectivity index (χ1) is 10.1. The topological polar surface area (TPSA) is 64.1 Å². The number of carbonyl (C=O) groups excluding carboxylic acids is 1. The van der Waals surface area contributed by atoms with Gasteiger partial charge in [-0.1, -0.05) is 0 Å². The van der Waals surface area contributed by atoms with Gasteiger partial charge in [0, 0.05) is 46.3 Å². The van der Waals surface area contributed by atoms with Gasteiger partial charge in [0.05, 0.1) is 6.42 Å². The van der Waals surface area contributed by atoms with Crippen molar-refractivity contribution in [2.75, 3.05) is 39.8 Å². The summed E-state index contributed by atoms with van der Waals surface area (Å²) in [6, 6.07) is 2.07. The molecule has 2 rings (SSSR count). The SMILES string of the molecule is CN(Cc1ccsc1)C(=O)N1CCN(CCC(=O)O)CC1. The number of piperazine rings is 1. The number of carbonyl (C=O) groups is 2. The van der Waals surface area contributed by atoms with Crippen LogP contribution in [0.4, 0.5) is 4.79 Å². The van der Waals surface area contributed by atoms with Crippen LogP contribution in [0, 0.1) is 0 Å². The minimum absolute atomic E-state index is 0.0408. The Balaban J connectivity index is 1.76. The van der Waals surface area contributed by atoms with Crippen molar-refractivity contribution in [2.45, 2.75) is 13.0 Å². The van der Waals surface area contributed by atoms with Crippen molar-refractivity contribution in [2.24, 2.45) is 0 Å². The highest BCUT2D eigenvalue weighted by Gasteiger charge is 2.23. The summed E-state index contributed by atoms with van der Waals surface area (Å²) in [7, 11) is 1.82. The molecular weight excluding hydrogens is 290 g/mol. The molecule has 1 aromatic heterocycles. The van der Waals surface area contributed by atoms with Gasteiger partial charge in [0.2, 0.25) is 0 Å². The maximum absolute atomic E-state index is 12.3. The van der Waals surface area contributed by atoms with E-state index in [2.05, 4.69) is 4.90 Å². The van der Waals surface area contributed by atoms with E-state index >= 15 is 0 Å². The minimum Gasteiger partial charge on any atom is -0.481 e. The third kappa shape index (κ3) is 4.71. The van der Waals surface area contributed by atoms with E-state index in [-0.39, 0.29) is 12.5 Å². The molecule has 0 spiro atoms. The van der Waals surface area contributed by atoms with Gasteiger partial charge < -0.3 is 14.9 Å². The standard InChI is InChI=1S/C14H21N3O3S/c1-15(10-12-3-9-21-11-12)14(20)17-7-5-16(6-8-17)4-2-13(18)19/h3,9,11H,2,4-8,10H2,1H3,(H,18,19). The first kappa shape index (κ1) is 15.8. The number of rotatable bonds is 5. The maximum Gasteiger partial charge on any atom is 0.320 e. The van der Waals surface area contributed by atoms with Gasteiger partial charge in [-0.05, 0) is 22.4 Å². The lowest BCUT2D eigenvalue weighted by Crippen LogP contribution is -2.52. The van der Waals surface area contributed by atoms with Crippen LogP contribution in [-0.4, -0.2) is 71.6 Å². The number of hydrogen-bond donors (Lipinski definition) is 1. The number of aliphatic carboxylic acids is 1. The molecule has 0 aromatic carbocycles. The molecule has 1 saturated heterocycles. The Morgan fingerprint density at radius 1 is 1.33 bits per heavy atom. The summed E-state index contributed by atoms with van der Waals surface area (Å²) in [5, 5.41) is 12.7. The second kappa shape index (κ2) is 7.42. The second-order valence-corrected chi connectivity index (χ2v) is 6.02. The maximum atomic E-state index is 12.3. The van der Waals surface area contributed by atoms with Crippen LogP contribution in [0.1, 0.15) is 12.0 Å². The minimum atomic E-state index is -0.774. The van der Waals surface area contributed by atoms with Gasteiger partial charge in [-0.2, -0.15) is 11.3 Å². The number of carboxylic acids is 1. The van der Waals surface area contributed by atoms with Gasteiger partial charge in [-0.25, -0.2) is 4.79 Å². The highest BCUT2D eigenvalue weighted by atomic mass is 32.1. The van der Waals surface area contributed by atoms with Crippen molar-refractivity contribution in [1.29, 1.82) is 0 Å². The Bertz CT molecular complexity index is 470. The molecule has 0 radical (unpaired) electrons. The smallest absolute Gasteiger partial charge is 0.320 e. The molecule has 1 fully saturated rings. The fourth-order valence-electron chi connectivity index (χ4n) is 2.38. The molecule has 0 bridgehead atoms. The fraction of sp³-hybridized carbons (Fsp3) is 0.571. The van der Waals surface area contributed by atoms with Crippen LogP contribution in [-0.2, 0) is 11.3 Å². The first-order valence-corrected chi connectivity index (χ1v) is 7.96. The molecule has 6 nitrogen and oxygen atoms in total. The van der Waals surface area contributed by atoms with E-state index in [0.717, 1.165) is 18.7 Å². The van der Waals surface area contributed by atoms with E-state index in [1.54, 1.807) is 16.2 Å². The molecule has 2 heterocycles. The summed E-state index contributed by atoms with van der Waals surface area (Å²) in [6.45, 7) is 3.99. The van der Waals surface area contributed by atoms with Gasteiger partial charge in [0.15, 0.2) is 0 Å². The number of thiophene rings is 1. The Hall–Kier alpha value is -1.60.